The van der Waals surface area contributed by atoms with Crippen LogP contribution in [-0.2, 0) is 4.74 Å². The van der Waals surface area contributed by atoms with Gasteiger partial charge in [0.15, 0.2) is 0 Å². The topological polar surface area (TPSA) is 52.0 Å². The van der Waals surface area contributed by atoms with Gasteiger partial charge in [-0.3, -0.25) is 4.57 Å². The zero-order valence-corrected chi connectivity index (χ0v) is 11.7. The van der Waals surface area contributed by atoms with Crippen molar-refractivity contribution in [1.29, 1.82) is 0 Å². The minimum Gasteiger partial charge on any atom is -0.379 e. The Kier molecular flexibility index (Phi) is 4.08. The lowest BCUT2D eigenvalue weighted by Crippen LogP contribution is -2.35. The van der Waals surface area contributed by atoms with Crippen molar-refractivity contribution in [3.8, 4) is 5.69 Å². The highest BCUT2D eigenvalue weighted by Gasteiger charge is 2.32. The van der Waals surface area contributed by atoms with Gasteiger partial charge >= 0.3 is 0 Å². The fourth-order valence-corrected chi connectivity index (χ4v) is 2.62. The molecule has 0 aliphatic carbocycles. The fourth-order valence-electron chi connectivity index (χ4n) is 2.62. The maximum absolute atomic E-state index is 5.64. The molecule has 0 radical (unpaired) electrons. The molecular formula is C15H20N4O. The van der Waals surface area contributed by atoms with Crippen molar-refractivity contribution < 1.29 is 4.74 Å². The second kappa shape index (κ2) is 6.15. The van der Waals surface area contributed by atoms with Crippen molar-refractivity contribution in [2.24, 2.45) is 0 Å². The summed E-state index contributed by atoms with van der Waals surface area (Å²) in [6.07, 6.45) is 2.90. The number of hydrogen-bond donors (Lipinski definition) is 1. The first-order chi connectivity index (χ1) is 9.90. The third-order valence-corrected chi connectivity index (χ3v) is 3.68. The van der Waals surface area contributed by atoms with E-state index in [1.807, 2.05) is 18.2 Å². The van der Waals surface area contributed by atoms with Crippen molar-refractivity contribution in [2.45, 2.75) is 25.3 Å². The average molecular weight is 272 g/mol. The molecule has 1 aromatic carbocycles. The van der Waals surface area contributed by atoms with Gasteiger partial charge in [0.05, 0.1) is 19.1 Å². The minimum absolute atomic E-state index is 0.254. The van der Waals surface area contributed by atoms with Gasteiger partial charge in [-0.05, 0) is 25.1 Å². The van der Waals surface area contributed by atoms with Gasteiger partial charge in [-0.15, -0.1) is 10.2 Å². The molecule has 1 aromatic heterocycles. The monoisotopic (exact) mass is 272 g/mol. The molecule has 5 nitrogen and oxygen atoms in total. The fraction of sp³-hybridized carbons (Fsp3) is 0.467. The maximum Gasteiger partial charge on any atom is 0.144 e. The Morgan fingerprint density at radius 3 is 2.95 bits per heavy atom. The highest BCUT2D eigenvalue weighted by molar-refractivity contribution is 5.33. The van der Waals surface area contributed by atoms with Gasteiger partial charge in [-0.1, -0.05) is 25.1 Å². The van der Waals surface area contributed by atoms with Gasteiger partial charge in [0.1, 0.15) is 12.2 Å². The summed E-state index contributed by atoms with van der Waals surface area (Å²) >= 11 is 0. The van der Waals surface area contributed by atoms with E-state index in [0.29, 0.717) is 12.6 Å². The second-order valence-electron chi connectivity index (χ2n) is 5.10. The molecule has 0 bridgehead atoms. The van der Waals surface area contributed by atoms with E-state index in [1.54, 1.807) is 6.33 Å². The normalized spacial score (nSPS) is 22.2. The zero-order chi connectivity index (χ0) is 13.8. The largest absolute Gasteiger partial charge is 0.379 e. The molecule has 106 valence electrons. The standard InChI is InChI=1S/C15H20N4O/c1-2-8-16-14-10-20-9-13(14)15-18-17-11-19(15)12-6-4-3-5-7-12/h3-7,11,13-14,16H,2,8-10H2,1H3. The van der Waals surface area contributed by atoms with Crippen molar-refractivity contribution in [3.63, 3.8) is 0 Å². The third kappa shape index (κ3) is 2.59. The molecule has 1 aliphatic rings. The van der Waals surface area contributed by atoms with Crippen LogP contribution in [0.25, 0.3) is 5.69 Å². The first kappa shape index (κ1) is 13.3. The predicted octanol–water partition coefficient (Wildman–Crippen LogP) is 1.75. The van der Waals surface area contributed by atoms with Crippen molar-refractivity contribution in [3.05, 3.63) is 42.5 Å². The number of aromatic nitrogens is 3. The molecule has 0 spiro atoms. The molecule has 1 N–H and O–H groups in total. The lowest BCUT2D eigenvalue weighted by Gasteiger charge is -2.19. The van der Waals surface area contributed by atoms with Gasteiger partial charge in [-0.2, -0.15) is 0 Å². The summed E-state index contributed by atoms with van der Waals surface area (Å²) in [4.78, 5) is 0. The first-order valence-corrected chi connectivity index (χ1v) is 7.16. The van der Waals surface area contributed by atoms with Gasteiger partial charge in [-0.25, -0.2) is 0 Å². The number of ether oxygens (including phenoxy) is 1. The summed E-state index contributed by atoms with van der Waals surface area (Å²) < 4.78 is 7.69. The molecule has 0 amide bonds. The van der Waals surface area contributed by atoms with E-state index in [1.165, 1.54) is 0 Å². The van der Waals surface area contributed by atoms with E-state index in [4.69, 9.17) is 4.74 Å². The number of rotatable bonds is 5. The number of hydrogen-bond acceptors (Lipinski definition) is 4. The lowest BCUT2D eigenvalue weighted by atomic mass is 10.0. The highest BCUT2D eigenvalue weighted by Crippen LogP contribution is 2.26. The summed E-state index contributed by atoms with van der Waals surface area (Å²) in [6, 6.07) is 10.5. The Hall–Kier alpha value is -1.72. The van der Waals surface area contributed by atoms with E-state index in [-0.39, 0.29) is 5.92 Å². The maximum atomic E-state index is 5.64. The second-order valence-corrected chi connectivity index (χ2v) is 5.10. The Morgan fingerprint density at radius 2 is 2.15 bits per heavy atom. The molecule has 3 rings (SSSR count). The van der Waals surface area contributed by atoms with Crippen LogP contribution in [0.15, 0.2) is 36.7 Å². The van der Waals surface area contributed by atoms with Crippen molar-refractivity contribution in [1.82, 2.24) is 20.1 Å². The van der Waals surface area contributed by atoms with Crippen LogP contribution < -0.4 is 5.32 Å². The molecule has 1 aliphatic heterocycles. The Morgan fingerprint density at radius 1 is 1.30 bits per heavy atom. The van der Waals surface area contributed by atoms with Gasteiger partial charge in [0.25, 0.3) is 0 Å². The lowest BCUT2D eigenvalue weighted by molar-refractivity contribution is 0.187. The molecule has 20 heavy (non-hydrogen) atoms. The van der Waals surface area contributed by atoms with Gasteiger partial charge in [0, 0.05) is 11.7 Å². The smallest absolute Gasteiger partial charge is 0.144 e. The summed E-state index contributed by atoms with van der Waals surface area (Å²) in [5.41, 5.74) is 1.09. The van der Waals surface area contributed by atoms with Crippen LogP contribution >= 0.6 is 0 Å². The summed E-state index contributed by atoms with van der Waals surface area (Å²) in [7, 11) is 0. The van der Waals surface area contributed by atoms with E-state index < -0.39 is 0 Å². The zero-order valence-electron chi connectivity index (χ0n) is 11.7. The van der Waals surface area contributed by atoms with E-state index in [0.717, 1.165) is 31.1 Å². The Labute approximate surface area is 119 Å². The summed E-state index contributed by atoms with van der Waals surface area (Å²) in [5.74, 6) is 1.23. The van der Waals surface area contributed by atoms with Crippen LogP contribution in [0.4, 0.5) is 0 Å². The first-order valence-electron chi connectivity index (χ1n) is 7.16. The quantitative estimate of drug-likeness (QED) is 0.901. The molecule has 2 unspecified atom stereocenters. The molecule has 0 saturated carbocycles. The third-order valence-electron chi connectivity index (χ3n) is 3.68. The molecule has 2 heterocycles. The molecule has 2 atom stereocenters. The SMILES string of the molecule is CCCNC1COCC1c1nncn1-c1ccccc1. The van der Waals surface area contributed by atoms with Crippen LogP contribution in [-0.4, -0.2) is 40.6 Å². The van der Waals surface area contributed by atoms with Crippen LogP contribution in [0.5, 0.6) is 0 Å². The Balaban J connectivity index is 1.86. The van der Waals surface area contributed by atoms with Crippen LogP contribution in [0.3, 0.4) is 0 Å². The Bertz CT molecular complexity index is 540. The highest BCUT2D eigenvalue weighted by atomic mass is 16.5. The molecule has 2 aromatic rings. The van der Waals surface area contributed by atoms with Crippen LogP contribution in [0.1, 0.15) is 25.1 Å². The van der Waals surface area contributed by atoms with Crippen molar-refractivity contribution >= 4 is 0 Å². The van der Waals surface area contributed by atoms with Crippen LogP contribution in [0, 0.1) is 0 Å². The summed E-state index contributed by atoms with van der Waals surface area (Å²) in [5, 5.41) is 12.0. The number of nitrogens with one attached hydrogen (secondary N) is 1. The van der Waals surface area contributed by atoms with Crippen LogP contribution in [0.2, 0.25) is 0 Å². The molecular weight excluding hydrogens is 252 g/mol. The molecule has 1 fully saturated rings. The van der Waals surface area contributed by atoms with Gasteiger partial charge in [0.2, 0.25) is 0 Å². The van der Waals surface area contributed by atoms with Crippen molar-refractivity contribution in [2.75, 3.05) is 19.8 Å². The van der Waals surface area contributed by atoms with Gasteiger partial charge < -0.3 is 10.1 Å². The van der Waals surface area contributed by atoms with E-state index >= 15 is 0 Å². The number of para-hydroxylation sites is 1. The average Bonchev–Trinajstić information content (AvgIpc) is 3.14. The van der Waals surface area contributed by atoms with E-state index in [2.05, 4.69) is 39.1 Å². The van der Waals surface area contributed by atoms with E-state index in [9.17, 15) is 0 Å². The predicted molar refractivity (Wildman–Crippen MR) is 77.0 cm³/mol. The molecule has 1 saturated heterocycles. The molecule has 5 heteroatoms. The number of nitrogens with zero attached hydrogens (tertiary/aromatic N) is 3. The number of benzene rings is 1. The summed E-state index contributed by atoms with van der Waals surface area (Å²) in [6.45, 7) is 4.62. The minimum atomic E-state index is 0.254.